The molecule has 23 heavy (non-hydrogen) atoms. The zero-order valence-electron chi connectivity index (χ0n) is 17.0. The molecule has 0 aromatic heterocycles. The molecule has 140 valence electrons. The lowest BCUT2D eigenvalue weighted by Gasteiger charge is -2.23. The van der Waals surface area contributed by atoms with Crippen LogP contribution in [0.3, 0.4) is 0 Å². The van der Waals surface area contributed by atoms with Gasteiger partial charge >= 0.3 is 0 Å². The Bertz CT molecular complexity index is 248. The van der Waals surface area contributed by atoms with Gasteiger partial charge in [-0.05, 0) is 36.5 Å². The summed E-state index contributed by atoms with van der Waals surface area (Å²) in [5, 5.41) is 0. The highest BCUT2D eigenvalue weighted by atomic mass is 19.1. The standard InChI is InChI=1S/C22H45F/c1-7-10-13-21(12-8-2)15-11-14-20(9-3)16-17-22(23)19(6)18(4)5/h18-22H,7-17H2,1-6H3. The van der Waals surface area contributed by atoms with Gasteiger partial charge in [-0.2, -0.15) is 0 Å². The van der Waals surface area contributed by atoms with Gasteiger partial charge in [0.2, 0.25) is 0 Å². The largest absolute Gasteiger partial charge is 0.247 e. The predicted molar refractivity (Wildman–Crippen MR) is 104 cm³/mol. The van der Waals surface area contributed by atoms with Crippen molar-refractivity contribution < 1.29 is 4.39 Å². The summed E-state index contributed by atoms with van der Waals surface area (Å²) in [7, 11) is 0. The molecule has 4 unspecified atom stereocenters. The van der Waals surface area contributed by atoms with Crippen LogP contribution in [0.25, 0.3) is 0 Å². The molecule has 0 fully saturated rings. The van der Waals surface area contributed by atoms with Gasteiger partial charge in [0.05, 0.1) is 0 Å². The third kappa shape index (κ3) is 11.2. The average molecular weight is 329 g/mol. The van der Waals surface area contributed by atoms with E-state index in [0.717, 1.165) is 24.7 Å². The van der Waals surface area contributed by atoms with Crippen LogP contribution < -0.4 is 0 Å². The molecule has 0 aromatic rings. The van der Waals surface area contributed by atoms with Gasteiger partial charge in [-0.25, -0.2) is 4.39 Å². The summed E-state index contributed by atoms with van der Waals surface area (Å²) in [6.07, 6.45) is 13.4. The van der Waals surface area contributed by atoms with Crippen LogP contribution in [0.15, 0.2) is 0 Å². The Labute approximate surface area is 147 Å². The van der Waals surface area contributed by atoms with Crippen molar-refractivity contribution in [1.82, 2.24) is 0 Å². The van der Waals surface area contributed by atoms with E-state index >= 15 is 0 Å². The Morgan fingerprint density at radius 1 is 0.652 bits per heavy atom. The van der Waals surface area contributed by atoms with Gasteiger partial charge in [-0.3, -0.25) is 0 Å². The Morgan fingerprint density at radius 2 is 1.26 bits per heavy atom. The van der Waals surface area contributed by atoms with E-state index in [1.54, 1.807) is 0 Å². The fourth-order valence-electron chi connectivity index (χ4n) is 3.66. The normalized spacial score (nSPS) is 17.2. The molecular formula is C22H45F. The summed E-state index contributed by atoms with van der Waals surface area (Å²) in [4.78, 5) is 0. The maximum Gasteiger partial charge on any atom is 0.103 e. The van der Waals surface area contributed by atoms with Gasteiger partial charge in [0.1, 0.15) is 6.17 Å². The zero-order chi connectivity index (χ0) is 17.7. The highest BCUT2D eigenvalue weighted by Crippen LogP contribution is 2.28. The van der Waals surface area contributed by atoms with E-state index in [9.17, 15) is 4.39 Å². The molecule has 0 rings (SSSR count). The number of hydrogen-bond acceptors (Lipinski definition) is 0. The molecule has 0 bridgehead atoms. The van der Waals surface area contributed by atoms with E-state index < -0.39 is 6.17 Å². The second-order valence-corrected chi connectivity index (χ2v) is 8.20. The van der Waals surface area contributed by atoms with Crippen LogP contribution in [0, 0.1) is 23.7 Å². The molecule has 0 aliphatic heterocycles. The van der Waals surface area contributed by atoms with Crippen molar-refractivity contribution in [2.45, 2.75) is 118 Å². The van der Waals surface area contributed by atoms with Crippen LogP contribution in [0.2, 0.25) is 0 Å². The lowest BCUT2D eigenvalue weighted by Crippen LogP contribution is -2.19. The molecule has 0 nitrogen and oxygen atoms in total. The summed E-state index contributed by atoms with van der Waals surface area (Å²) in [5.74, 6) is 2.34. The molecular weight excluding hydrogens is 283 g/mol. The Kier molecular flexibility index (Phi) is 14.2. The summed E-state index contributed by atoms with van der Waals surface area (Å²) in [6, 6.07) is 0. The summed E-state index contributed by atoms with van der Waals surface area (Å²) >= 11 is 0. The monoisotopic (exact) mass is 328 g/mol. The van der Waals surface area contributed by atoms with Gasteiger partial charge in [0.25, 0.3) is 0 Å². The molecule has 4 atom stereocenters. The minimum atomic E-state index is -0.610. The van der Waals surface area contributed by atoms with Crippen molar-refractivity contribution in [2.75, 3.05) is 0 Å². The summed E-state index contributed by atoms with van der Waals surface area (Å²) in [6.45, 7) is 13.2. The summed E-state index contributed by atoms with van der Waals surface area (Å²) < 4.78 is 14.2. The zero-order valence-corrected chi connectivity index (χ0v) is 17.0. The second-order valence-electron chi connectivity index (χ2n) is 8.20. The first kappa shape index (κ1) is 22.9. The number of halogens is 1. The van der Waals surface area contributed by atoms with Crippen LogP contribution in [-0.4, -0.2) is 6.17 Å². The number of unbranched alkanes of at least 4 members (excludes halogenated alkanes) is 1. The van der Waals surface area contributed by atoms with E-state index in [1.807, 2.05) is 0 Å². The lowest BCUT2D eigenvalue weighted by atomic mass is 9.85. The molecule has 0 radical (unpaired) electrons. The number of hydrogen-bond donors (Lipinski definition) is 0. The Balaban J connectivity index is 4.03. The van der Waals surface area contributed by atoms with E-state index in [4.69, 9.17) is 0 Å². The lowest BCUT2D eigenvalue weighted by molar-refractivity contribution is 0.171. The van der Waals surface area contributed by atoms with Crippen molar-refractivity contribution in [1.29, 1.82) is 0 Å². The third-order valence-corrected chi connectivity index (χ3v) is 5.94. The Hall–Kier alpha value is -0.0700. The first-order chi connectivity index (χ1) is 11.0. The molecule has 0 amide bonds. The summed E-state index contributed by atoms with van der Waals surface area (Å²) in [5.41, 5.74) is 0. The van der Waals surface area contributed by atoms with E-state index in [1.165, 1.54) is 57.8 Å². The SMILES string of the molecule is CCCCC(CCC)CCCC(CC)CCC(F)C(C)C(C)C. The quantitative estimate of drug-likeness (QED) is 0.284. The first-order valence-corrected chi connectivity index (χ1v) is 10.6. The van der Waals surface area contributed by atoms with Gasteiger partial charge < -0.3 is 0 Å². The van der Waals surface area contributed by atoms with Crippen LogP contribution >= 0.6 is 0 Å². The minimum Gasteiger partial charge on any atom is -0.247 e. The number of rotatable bonds is 15. The minimum absolute atomic E-state index is 0.204. The molecule has 0 aromatic carbocycles. The maximum absolute atomic E-state index is 14.2. The van der Waals surface area contributed by atoms with Crippen molar-refractivity contribution >= 4 is 0 Å². The molecule has 0 N–H and O–H groups in total. The highest BCUT2D eigenvalue weighted by molar-refractivity contribution is 4.71. The topological polar surface area (TPSA) is 0 Å². The first-order valence-electron chi connectivity index (χ1n) is 10.6. The number of alkyl halides is 1. The van der Waals surface area contributed by atoms with Crippen LogP contribution in [0.1, 0.15) is 112 Å². The molecule has 0 saturated heterocycles. The van der Waals surface area contributed by atoms with Crippen LogP contribution in [0.4, 0.5) is 4.39 Å². The molecule has 1 heteroatoms. The molecule has 0 heterocycles. The van der Waals surface area contributed by atoms with Gasteiger partial charge in [-0.1, -0.05) is 99.3 Å². The molecule has 0 spiro atoms. The second kappa shape index (κ2) is 14.3. The van der Waals surface area contributed by atoms with Crippen molar-refractivity contribution in [3.63, 3.8) is 0 Å². The fraction of sp³-hybridized carbons (Fsp3) is 1.00. The van der Waals surface area contributed by atoms with E-state index in [-0.39, 0.29) is 5.92 Å². The molecule has 0 aliphatic carbocycles. The predicted octanol–water partition coefficient (Wildman–Crippen LogP) is 8.20. The third-order valence-electron chi connectivity index (χ3n) is 5.94. The molecule has 0 saturated carbocycles. The van der Waals surface area contributed by atoms with Gasteiger partial charge in [0, 0.05) is 0 Å². The van der Waals surface area contributed by atoms with Crippen molar-refractivity contribution in [3.05, 3.63) is 0 Å². The highest BCUT2D eigenvalue weighted by Gasteiger charge is 2.20. The fourth-order valence-corrected chi connectivity index (χ4v) is 3.66. The van der Waals surface area contributed by atoms with E-state index in [0.29, 0.717) is 5.92 Å². The average Bonchev–Trinajstić information content (AvgIpc) is 2.54. The Morgan fingerprint density at radius 3 is 1.78 bits per heavy atom. The van der Waals surface area contributed by atoms with E-state index in [2.05, 4.69) is 41.5 Å². The van der Waals surface area contributed by atoms with Crippen LogP contribution in [0.5, 0.6) is 0 Å². The van der Waals surface area contributed by atoms with Crippen LogP contribution in [-0.2, 0) is 0 Å². The van der Waals surface area contributed by atoms with Crippen molar-refractivity contribution in [3.8, 4) is 0 Å². The maximum atomic E-state index is 14.2. The molecule has 0 aliphatic rings. The van der Waals surface area contributed by atoms with Gasteiger partial charge in [0.15, 0.2) is 0 Å². The van der Waals surface area contributed by atoms with Crippen molar-refractivity contribution in [2.24, 2.45) is 23.7 Å². The van der Waals surface area contributed by atoms with Gasteiger partial charge in [-0.15, -0.1) is 0 Å². The smallest absolute Gasteiger partial charge is 0.103 e.